The Kier molecular flexibility index (Phi) is 4.62. The van der Waals surface area contributed by atoms with Crippen molar-refractivity contribution in [2.45, 2.75) is 20.3 Å². The monoisotopic (exact) mass is 338 g/mol. The van der Waals surface area contributed by atoms with Crippen LogP contribution in [0.4, 0.5) is 5.00 Å². The van der Waals surface area contributed by atoms with E-state index < -0.39 is 5.91 Å². The normalized spacial score (nSPS) is 11.2. The van der Waals surface area contributed by atoms with Crippen LogP contribution in [0.3, 0.4) is 0 Å². The molecule has 0 saturated carbocycles. The first-order chi connectivity index (χ1) is 11.5. The molecule has 1 aromatic carbocycles. The maximum absolute atomic E-state index is 11.9. The molecule has 0 fully saturated rings. The molecule has 0 bridgehead atoms. The zero-order chi connectivity index (χ0) is 17.1. The lowest BCUT2D eigenvalue weighted by Crippen LogP contribution is -2.11. The topological polar surface area (TPSA) is 68.6 Å². The molecule has 0 aliphatic rings. The fraction of sp³-hybridized carbons (Fsp3) is 0.158. The number of carbonyl (C=O) groups is 1. The smallest absolute Gasteiger partial charge is 0.252 e. The molecule has 4 nitrogen and oxygen atoms in total. The zero-order valence-corrected chi connectivity index (χ0v) is 14.4. The van der Waals surface area contributed by atoms with Crippen molar-refractivity contribution in [2.24, 2.45) is 10.7 Å². The van der Waals surface area contributed by atoms with Gasteiger partial charge in [-0.2, -0.15) is 0 Å². The lowest BCUT2D eigenvalue weighted by Gasteiger charge is -2.00. The highest BCUT2D eigenvalue weighted by Crippen LogP contribution is 2.36. The van der Waals surface area contributed by atoms with Gasteiger partial charge in [0.05, 0.1) is 11.8 Å². The van der Waals surface area contributed by atoms with Crippen LogP contribution in [0.5, 0.6) is 0 Å². The molecule has 0 radical (unpaired) electrons. The fourth-order valence-corrected chi connectivity index (χ4v) is 3.71. The lowest BCUT2D eigenvalue weighted by molar-refractivity contribution is 0.100. The van der Waals surface area contributed by atoms with Crippen molar-refractivity contribution in [1.82, 2.24) is 0 Å². The predicted octanol–water partition coefficient (Wildman–Crippen LogP) is 4.40. The van der Waals surface area contributed by atoms with Crippen molar-refractivity contribution >= 4 is 28.5 Å². The lowest BCUT2D eigenvalue weighted by atomic mass is 10.1. The molecular weight excluding hydrogens is 320 g/mol. The van der Waals surface area contributed by atoms with E-state index in [1.807, 2.05) is 44.2 Å². The fourth-order valence-electron chi connectivity index (χ4n) is 2.52. The molecule has 0 atom stereocenters. The van der Waals surface area contributed by atoms with Gasteiger partial charge in [-0.05, 0) is 37.1 Å². The van der Waals surface area contributed by atoms with Crippen LogP contribution in [-0.4, -0.2) is 12.1 Å². The number of carbonyl (C=O) groups excluding carboxylic acids is 1. The summed E-state index contributed by atoms with van der Waals surface area (Å²) < 4.78 is 5.48. The number of benzene rings is 1. The minimum absolute atomic E-state index is 0.453. The van der Waals surface area contributed by atoms with Crippen LogP contribution in [-0.2, 0) is 6.42 Å². The summed E-state index contributed by atoms with van der Waals surface area (Å²) in [6.07, 6.45) is 2.38. The van der Waals surface area contributed by atoms with Crippen molar-refractivity contribution in [1.29, 1.82) is 0 Å². The van der Waals surface area contributed by atoms with Gasteiger partial charge >= 0.3 is 0 Å². The Hall–Kier alpha value is -2.66. The van der Waals surface area contributed by atoms with Crippen molar-refractivity contribution in [3.05, 3.63) is 75.6 Å². The summed E-state index contributed by atoms with van der Waals surface area (Å²) in [6.45, 7) is 3.80. The van der Waals surface area contributed by atoms with E-state index in [0.29, 0.717) is 16.3 Å². The number of hydrogen-bond donors (Lipinski definition) is 1. The quantitative estimate of drug-likeness (QED) is 0.701. The third-order valence-electron chi connectivity index (χ3n) is 3.75. The van der Waals surface area contributed by atoms with Crippen LogP contribution in [0.15, 0.2) is 51.9 Å². The van der Waals surface area contributed by atoms with Gasteiger partial charge in [-0.25, -0.2) is 4.99 Å². The summed E-state index contributed by atoms with van der Waals surface area (Å²) in [7, 11) is 0. The molecule has 2 N–H and O–H groups in total. The first-order valence-electron chi connectivity index (χ1n) is 7.61. The molecule has 2 heterocycles. The second-order valence-electron chi connectivity index (χ2n) is 5.56. The Morgan fingerprint density at radius 2 is 1.96 bits per heavy atom. The molecule has 122 valence electrons. The van der Waals surface area contributed by atoms with Gasteiger partial charge in [-0.15, -0.1) is 11.3 Å². The van der Waals surface area contributed by atoms with E-state index in [-0.39, 0.29) is 0 Å². The van der Waals surface area contributed by atoms with E-state index in [4.69, 9.17) is 10.2 Å². The van der Waals surface area contributed by atoms with E-state index in [9.17, 15) is 4.79 Å². The van der Waals surface area contributed by atoms with E-state index in [1.54, 1.807) is 6.21 Å². The molecule has 0 saturated heterocycles. The van der Waals surface area contributed by atoms with Gasteiger partial charge in [-0.3, -0.25) is 4.79 Å². The molecule has 0 aliphatic carbocycles. The summed E-state index contributed by atoms with van der Waals surface area (Å²) >= 11 is 1.49. The molecule has 3 aromatic rings. The SMILES string of the molecule is Cc1ccc(/C=N/c2sc(Cc3ccccc3)c(C)c2C(N)=O)o1. The highest BCUT2D eigenvalue weighted by molar-refractivity contribution is 7.16. The highest BCUT2D eigenvalue weighted by Gasteiger charge is 2.19. The van der Waals surface area contributed by atoms with E-state index in [2.05, 4.69) is 17.1 Å². The van der Waals surface area contributed by atoms with Crippen LogP contribution in [0.2, 0.25) is 0 Å². The van der Waals surface area contributed by atoms with Crippen LogP contribution in [0.25, 0.3) is 0 Å². The Balaban J connectivity index is 1.95. The van der Waals surface area contributed by atoms with E-state index in [1.165, 1.54) is 16.9 Å². The number of nitrogens with zero attached hydrogens (tertiary/aromatic N) is 1. The molecular formula is C19H18N2O2S. The van der Waals surface area contributed by atoms with Crippen molar-refractivity contribution in [2.75, 3.05) is 0 Å². The number of aliphatic imine (C=N–C) groups is 1. The predicted molar refractivity (Wildman–Crippen MR) is 97.5 cm³/mol. The van der Waals surface area contributed by atoms with Crippen molar-refractivity contribution < 1.29 is 9.21 Å². The van der Waals surface area contributed by atoms with Crippen molar-refractivity contribution in [3.63, 3.8) is 0 Å². The molecule has 0 spiro atoms. The Morgan fingerprint density at radius 3 is 2.58 bits per heavy atom. The average Bonchev–Trinajstić information content (AvgIpc) is 3.10. The largest absolute Gasteiger partial charge is 0.460 e. The second-order valence-corrected chi connectivity index (χ2v) is 6.65. The second kappa shape index (κ2) is 6.84. The Labute approximate surface area is 144 Å². The van der Waals surface area contributed by atoms with Crippen LogP contribution >= 0.6 is 11.3 Å². The maximum Gasteiger partial charge on any atom is 0.252 e. The average molecular weight is 338 g/mol. The molecule has 3 rings (SSSR count). The van der Waals surface area contributed by atoms with Gasteiger partial charge < -0.3 is 10.2 Å². The zero-order valence-electron chi connectivity index (χ0n) is 13.6. The molecule has 2 aromatic heterocycles. The number of nitrogens with two attached hydrogens (primary N) is 1. The maximum atomic E-state index is 11.9. The summed E-state index contributed by atoms with van der Waals surface area (Å²) in [5.41, 5.74) is 8.15. The number of amides is 1. The number of aryl methyl sites for hydroxylation is 1. The molecule has 0 aliphatic heterocycles. The standard InChI is InChI=1S/C19H18N2O2S/c1-12-8-9-15(23-12)11-21-19-17(18(20)22)13(2)16(24-19)10-14-6-4-3-5-7-14/h3-9,11H,10H2,1-2H3,(H2,20,22)/b21-11+. The molecule has 0 unspecified atom stereocenters. The first kappa shape index (κ1) is 16.2. The number of rotatable bonds is 5. The van der Waals surface area contributed by atoms with Crippen LogP contribution in [0.1, 0.15) is 37.9 Å². The number of primary amides is 1. The minimum Gasteiger partial charge on any atom is -0.460 e. The van der Waals surface area contributed by atoms with Gasteiger partial charge in [0.2, 0.25) is 0 Å². The summed E-state index contributed by atoms with van der Waals surface area (Å²) in [6, 6.07) is 13.8. The first-order valence-corrected chi connectivity index (χ1v) is 8.42. The van der Waals surface area contributed by atoms with E-state index >= 15 is 0 Å². The Morgan fingerprint density at radius 1 is 1.21 bits per heavy atom. The van der Waals surface area contributed by atoms with Crippen LogP contribution < -0.4 is 5.73 Å². The summed E-state index contributed by atoms with van der Waals surface area (Å²) in [5.74, 6) is 1.02. The number of hydrogen-bond acceptors (Lipinski definition) is 4. The third kappa shape index (κ3) is 3.46. The minimum atomic E-state index is -0.453. The van der Waals surface area contributed by atoms with Gasteiger partial charge in [0.15, 0.2) is 0 Å². The van der Waals surface area contributed by atoms with Gasteiger partial charge in [-0.1, -0.05) is 30.3 Å². The van der Waals surface area contributed by atoms with Gasteiger partial charge in [0.25, 0.3) is 5.91 Å². The van der Waals surface area contributed by atoms with Gasteiger partial charge in [0.1, 0.15) is 16.5 Å². The third-order valence-corrected chi connectivity index (χ3v) is 4.95. The van der Waals surface area contributed by atoms with Crippen LogP contribution in [0, 0.1) is 13.8 Å². The number of furan rings is 1. The van der Waals surface area contributed by atoms with Crippen molar-refractivity contribution in [3.8, 4) is 0 Å². The highest BCUT2D eigenvalue weighted by atomic mass is 32.1. The molecule has 5 heteroatoms. The van der Waals surface area contributed by atoms with Gasteiger partial charge in [0, 0.05) is 11.3 Å². The van der Waals surface area contributed by atoms with E-state index in [0.717, 1.165) is 22.6 Å². The number of thiophene rings is 1. The molecule has 24 heavy (non-hydrogen) atoms. The Bertz CT molecular complexity index is 891. The summed E-state index contributed by atoms with van der Waals surface area (Å²) in [4.78, 5) is 17.4. The molecule has 1 amide bonds. The summed E-state index contributed by atoms with van der Waals surface area (Å²) in [5, 5.41) is 0.625.